The molecule has 3 nitrogen and oxygen atoms in total. The molecule has 64 valence electrons. The van der Waals surface area contributed by atoms with Crippen LogP contribution in [-0.4, -0.2) is 13.0 Å². The molecule has 0 atom stereocenters. The number of benzene rings is 1. The summed E-state index contributed by atoms with van der Waals surface area (Å²) in [6.07, 6.45) is 0. The number of amides is 1. The van der Waals surface area contributed by atoms with Crippen LogP contribution in [0.3, 0.4) is 0 Å². The highest BCUT2D eigenvalue weighted by Gasteiger charge is 2.06. The first-order chi connectivity index (χ1) is 5.65. The molecule has 0 saturated carbocycles. The number of rotatable bonds is 1. The van der Waals surface area contributed by atoms with Gasteiger partial charge in [-0.15, -0.1) is 0 Å². The van der Waals surface area contributed by atoms with Crippen LogP contribution in [-0.2, 0) is 0 Å². The van der Waals surface area contributed by atoms with Crippen LogP contribution in [0.4, 0.5) is 5.69 Å². The Bertz CT molecular complexity index is 307. The number of carbonyl (C=O) groups is 1. The lowest BCUT2D eigenvalue weighted by molar-refractivity contribution is 0.0964. The maximum atomic E-state index is 11.2. The molecule has 1 rings (SSSR count). The molecule has 0 aliphatic carbocycles. The van der Waals surface area contributed by atoms with E-state index in [0.29, 0.717) is 11.3 Å². The van der Waals surface area contributed by atoms with Crippen LogP contribution in [0.25, 0.3) is 0 Å². The molecule has 1 amide bonds. The van der Waals surface area contributed by atoms with E-state index in [2.05, 4.69) is 5.32 Å². The summed E-state index contributed by atoms with van der Waals surface area (Å²) in [6, 6.07) is 5.38. The van der Waals surface area contributed by atoms with Gasteiger partial charge in [-0.25, -0.2) is 0 Å². The number of hydrogen-bond donors (Lipinski definition) is 2. The van der Waals surface area contributed by atoms with Gasteiger partial charge in [-0.05, 0) is 19.1 Å². The zero-order valence-corrected chi connectivity index (χ0v) is 7.22. The smallest absolute Gasteiger partial charge is 0.253 e. The summed E-state index contributed by atoms with van der Waals surface area (Å²) in [6.45, 7) is 1.92. The van der Waals surface area contributed by atoms with Crippen molar-refractivity contribution in [3.05, 3.63) is 29.3 Å². The Kier molecular flexibility index (Phi) is 2.33. The lowest BCUT2D eigenvalue weighted by Crippen LogP contribution is -2.19. The molecule has 0 saturated heterocycles. The van der Waals surface area contributed by atoms with Crippen molar-refractivity contribution < 1.29 is 4.79 Å². The molecular weight excluding hydrogens is 152 g/mol. The van der Waals surface area contributed by atoms with Gasteiger partial charge in [-0.1, -0.05) is 11.6 Å². The quantitative estimate of drug-likeness (QED) is 0.607. The molecule has 3 N–H and O–H groups in total. The van der Waals surface area contributed by atoms with Crippen molar-refractivity contribution in [2.24, 2.45) is 0 Å². The predicted octanol–water partition coefficient (Wildman–Crippen LogP) is 0.937. The molecule has 3 heteroatoms. The first kappa shape index (κ1) is 8.59. The number of aryl methyl sites for hydroxylation is 1. The second-order valence-electron chi connectivity index (χ2n) is 2.67. The summed E-state index contributed by atoms with van der Waals surface area (Å²) >= 11 is 0. The standard InChI is InChI=1S/C9H12N2O/c1-6-3-4-8(10)7(5-6)9(12)11-2/h3-5H,10H2,1-2H3,(H,11,12). The third kappa shape index (κ3) is 1.56. The molecule has 1 aromatic rings. The summed E-state index contributed by atoms with van der Waals surface area (Å²) < 4.78 is 0. The van der Waals surface area contributed by atoms with E-state index >= 15 is 0 Å². The molecule has 0 heterocycles. The SMILES string of the molecule is CNC(=O)c1cc(C)ccc1N. The van der Waals surface area contributed by atoms with Crippen molar-refractivity contribution in [2.45, 2.75) is 6.92 Å². The summed E-state index contributed by atoms with van der Waals surface area (Å²) in [5.41, 5.74) is 7.69. The molecule has 0 bridgehead atoms. The molecular formula is C9H12N2O. The van der Waals surface area contributed by atoms with E-state index in [9.17, 15) is 4.79 Å². The van der Waals surface area contributed by atoms with Gasteiger partial charge in [0.25, 0.3) is 5.91 Å². The van der Waals surface area contributed by atoms with E-state index in [1.54, 1.807) is 19.2 Å². The molecule has 0 fully saturated rings. The van der Waals surface area contributed by atoms with E-state index in [0.717, 1.165) is 5.56 Å². The number of hydrogen-bond acceptors (Lipinski definition) is 2. The molecule has 0 unspecified atom stereocenters. The first-order valence-electron chi connectivity index (χ1n) is 3.73. The van der Waals surface area contributed by atoms with Crippen molar-refractivity contribution in [2.75, 3.05) is 12.8 Å². The molecule has 0 spiro atoms. The third-order valence-corrected chi connectivity index (χ3v) is 1.68. The van der Waals surface area contributed by atoms with E-state index in [1.807, 2.05) is 13.0 Å². The minimum absolute atomic E-state index is 0.142. The zero-order chi connectivity index (χ0) is 9.14. The minimum atomic E-state index is -0.142. The lowest BCUT2D eigenvalue weighted by Gasteiger charge is -2.04. The van der Waals surface area contributed by atoms with Gasteiger partial charge in [0, 0.05) is 12.7 Å². The van der Waals surface area contributed by atoms with Crippen molar-refractivity contribution >= 4 is 11.6 Å². The summed E-state index contributed by atoms with van der Waals surface area (Å²) in [5.74, 6) is -0.142. The van der Waals surface area contributed by atoms with Gasteiger partial charge >= 0.3 is 0 Å². The van der Waals surface area contributed by atoms with Gasteiger partial charge in [-0.3, -0.25) is 4.79 Å². The van der Waals surface area contributed by atoms with Crippen LogP contribution in [0.5, 0.6) is 0 Å². The normalized spacial score (nSPS) is 9.50. The Balaban J connectivity index is 3.13. The van der Waals surface area contributed by atoms with Crippen LogP contribution >= 0.6 is 0 Å². The van der Waals surface area contributed by atoms with Crippen molar-refractivity contribution in [3.8, 4) is 0 Å². The van der Waals surface area contributed by atoms with Crippen LogP contribution in [0.15, 0.2) is 18.2 Å². The van der Waals surface area contributed by atoms with E-state index in [1.165, 1.54) is 0 Å². The Morgan fingerprint density at radius 3 is 2.75 bits per heavy atom. The average molecular weight is 164 g/mol. The van der Waals surface area contributed by atoms with E-state index in [-0.39, 0.29) is 5.91 Å². The number of nitrogen functional groups attached to an aromatic ring is 1. The maximum absolute atomic E-state index is 11.2. The predicted molar refractivity (Wildman–Crippen MR) is 49.0 cm³/mol. The number of nitrogens with two attached hydrogens (primary N) is 1. The van der Waals surface area contributed by atoms with E-state index < -0.39 is 0 Å². The third-order valence-electron chi connectivity index (χ3n) is 1.68. The van der Waals surface area contributed by atoms with Crippen molar-refractivity contribution in [3.63, 3.8) is 0 Å². The highest BCUT2D eigenvalue weighted by Crippen LogP contribution is 2.12. The molecule has 0 aliphatic heterocycles. The van der Waals surface area contributed by atoms with Gasteiger partial charge in [0.1, 0.15) is 0 Å². The molecule has 0 radical (unpaired) electrons. The lowest BCUT2D eigenvalue weighted by atomic mass is 10.1. The highest BCUT2D eigenvalue weighted by molar-refractivity contribution is 5.99. The first-order valence-corrected chi connectivity index (χ1v) is 3.73. The Morgan fingerprint density at radius 1 is 1.50 bits per heavy atom. The highest BCUT2D eigenvalue weighted by atomic mass is 16.1. The van der Waals surface area contributed by atoms with Crippen molar-refractivity contribution in [1.82, 2.24) is 5.32 Å². The molecule has 12 heavy (non-hydrogen) atoms. The van der Waals surface area contributed by atoms with Crippen LogP contribution < -0.4 is 11.1 Å². The fraction of sp³-hybridized carbons (Fsp3) is 0.222. The van der Waals surface area contributed by atoms with E-state index in [4.69, 9.17) is 5.73 Å². The zero-order valence-electron chi connectivity index (χ0n) is 7.22. The summed E-state index contributed by atoms with van der Waals surface area (Å²) in [5, 5.41) is 2.53. The van der Waals surface area contributed by atoms with Gasteiger partial charge in [0.15, 0.2) is 0 Å². The Morgan fingerprint density at radius 2 is 2.17 bits per heavy atom. The monoisotopic (exact) mass is 164 g/mol. The van der Waals surface area contributed by atoms with Gasteiger partial charge < -0.3 is 11.1 Å². The number of carbonyl (C=O) groups excluding carboxylic acids is 1. The van der Waals surface area contributed by atoms with Crippen LogP contribution in [0.2, 0.25) is 0 Å². The summed E-state index contributed by atoms with van der Waals surface area (Å²) in [7, 11) is 1.59. The second kappa shape index (κ2) is 3.26. The topological polar surface area (TPSA) is 55.1 Å². The van der Waals surface area contributed by atoms with Gasteiger partial charge in [0.2, 0.25) is 0 Å². The van der Waals surface area contributed by atoms with Gasteiger partial charge in [0.05, 0.1) is 5.56 Å². The number of nitrogens with one attached hydrogen (secondary N) is 1. The Hall–Kier alpha value is -1.51. The van der Waals surface area contributed by atoms with Crippen molar-refractivity contribution in [1.29, 1.82) is 0 Å². The molecule has 0 aromatic heterocycles. The summed E-state index contributed by atoms with van der Waals surface area (Å²) in [4.78, 5) is 11.2. The Labute approximate surface area is 71.6 Å². The fourth-order valence-electron chi connectivity index (χ4n) is 1.00. The maximum Gasteiger partial charge on any atom is 0.253 e. The second-order valence-corrected chi connectivity index (χ2v) is 2.67. The number of anilines is 1. The molecule has 0 aliphatic rings. The average Bonchev–Trinajstić information content (AvgIpc) is 2.08. The fourth-order valence-corrected chi connectivity index (χ4v) is 1.00. The van der Waals surface area contributed by atoms with Crippen LogP contribution in [0.1, 0.15) is 15.9 Å². The largest absolute Gasteiger partial charge is 0.398 e. The van der Waals surface area contributed by atoms with Crippen LogP contribution in [0, 0.1) is 6.92 Å². The van der Waals surface area contributed by atoms with Gasteiger partial charge in [-0.2, -0.15) is 0 Å². The molecule has 1 aromatic carbocycles. The minimum Gasteiger partial charge on any atom is -0.398 e.